The van der Waals surface area contributed by atoms with Gasteiger partial charge in [-0.15, -0.1) is 0 Å². The normalized spacial score (nSPS) is 19.9. The lowest BCUT2D eigenvalue weighted by atomic mass is 9.70. The van der Waals surface area contributed by atoms with Gasteiger partial charge in [0.15, 0.2) is 16.7 Å². The molecule has 40 N–H and O–H groups in total. The zero-order chi connectivity index (χ0) is 93.8. The molecule has 674 valence electrons. The molecule has 1 saturated carbocycles. The summed E-state index contributed by atoms with van der Waals surface area (Å²) in [6.45, 7) is 17.0. The van der Waals surface area contributed by atoms with E-state index in [0.29, 0.717) is 131 Å². The van der Waals surface area contributed by atoms with E-state index < -0.39 is 52.4 Å². The van der Waals surface area contributed by atoms with Crippen LogP contribution in [0.25, 0.3) is 0 Å². The van der Waals surface area contributed by atoms with Gasteiger partial charge in [-0.05, 0) is 184 Å². The van der Waals surface area contributed by atoms with Crippen LogP contribution in [0.15, 0.2) is 97.1 Å². The molecule has 38 nitrogen and oxygen atoms in total. The number of carbonyl (C=O) groups excluding carboxylic acids is 11. The number of methoxy groups -OCH3 is 2. The van der Waals surface area contributed by atoms with Gasteiger partial charge in [0.05, 0.1) is 141 Å². The summed E-state index contributed by atoms with van der Waals surface area (Å²) in [4.78, 5) is 129. The molecule has 9 aliphatic rings. The second-order valence-corrected chi connectivity index (χ2v) is 32.8. The Balaban J connectivity index is 0.000000152. The molecule has 17 rings (SSSR count). The first-order valence-corrected chi connectivity index (χ1v) is 41.2. The number of fused-ring (bicyclic) bond motifs is 9. The Bertz CT molecular complexity index is 5790. The molecule has 1 spiro atoms. The van der Waals surface area contributed by atoms with E-state index >= 15 is 0 Å². The molecular formula is C89H114N24O14. The lowest BCUT2D eigenvalue weighted by molar-refractivity contribution is -0.153. The summed E-state index contributed by atoms with van der Waals surface area (Å²) in [6, 6.07) is 27.0. The van der Waals surface area contributed by atoms with E-state index in [1.54, 1.807) is 67.6 Å². The number of benzene rings is 8. The van der Waals surface area contributed by atoms with Crippen molar-refractivity contribution in [1.29, 1.82) is 0 Å². The van der Waals surface area contributed by atoms with Crippen molar-refractivity contribution < 1.29 is 67.0 Å². The Morgan fingerprint density at radius 2 is 0.685 bits per heavy atom. The van der Waals surface area contributed by atoms with Crippen LogP contribution < -0.4 is 134 Å². The summed E-state index contributed by atoms with van der Waals surface area (Å²) in [7, 11) is 2.47. The minimum absolute atomic E-state index is 0.000000000000000222. The standard InChI is InChI=1S/C13H17N3O.C13H19N3O.C12H15N3O3.C11H13N3O3.C11H15N3O.C10H11N3O3.C10H13N3O.C9H11N3O/c14-9-6-8-11(7-10(9)15)16-12(17)13(8)4-2-1-3-5-13;1-3-7(4-2)12-8-5-9(14)10(15)6-11(8)16-13(12)17;1-3-18-11(17)12(2)6-4-7(13)8(14)5-9(6)15-10(12)16;1-11(10(16)17-2)5-3-6(12)7(13)4-8(5)14-9(11)15;1-5(2)10-6-3-7(12)8(13)4-9(6)14-11(10)15;1-16-10(15)8-4-2-5(11)6(12)3-7(4)13-9(8)14;1-2-5-6-3-7(11)8(12)4-9(6)13-10(5)14;1-4-5-2-6(10)7(11)3-8(5)12-9(4)13/h6-7H,1-5,14-15H2,(H,16,17);5-7,12H,3-4,14-15H2,1-2H3,(H,16,17);4-5H,3,13-14H2,1-2H3,(H,15,16);3-4H,12-13H2,1-2H3,(H,14,15);3-5,10H,12-13H2,1-2H3,(H,14,15);2-3,8H,11-12H2,1H3,(H,13,14);3-5H,2,11-12H2,1H3,(H,13,14);2-4H,10-11H2,1H3,(H,12,13). The fourth-order valence-corrected chi connectivity index (χ4v) is 16.7. The number of hydrogen-bond donors (Lipinski definition) is 24. The average molecular weight is 1740 g/mol. The number of hydrogen-bond acceptors (Lipinski definition) is 30. The van der Waals surface area contributed by atoms with Crippen LogP contribution in [0.3, 0.4) is 0 Å². The van der Waals surface area contributed by atoms with Crippen molar-refractivity contribution in [3.63, 3.8) is 0 Å². The third-order valence-electron chi connectivity index (χ3n) is 24.3. The van der Waals surface area contributed by atoms with Crippen molar-refractivity contribution in [3.05, 3.63) is 142 Å². The monoisotopic (exact) mass is 1740 g/mol. The highest BCUT2D eigenvalue weighted by Crippen LogP contribution is 2.51. The minimum atomic E-state index is -1.37. The van der Waals surface area contributed by atoms with E-state index in [1.807, 2.05) is 39.8 Å². The van der Waals surface area contributed by atoms with Crippen molar-refractivity contribution in [2.24, 2.45) is 11.8 Å². The molecule has 0 bridgehead atoms. The summed E-state index contributed by atoms with van der Waals surface area (Å²) in [5, 5.41) is 22.0. The lowest BCUT2D eigenvalue weighted by Gasteiger charge is -2.31. The second kappa shape index (κ2) is 37.4. The van der Waals surface area contributed by atoms with Gasteiger partial charge in [-0.2, -0.15) is 0 Å². The molecule has 8 aliphatic heterocycles. The van der Waals surface area contributed by atoms with E-state index in [-0.39, 0.29) is 71.1 Å². The van der Waals surface area contributed by atoms with E-state index in [1.165, 1.54) is 58.8 Å². The number of esters is 3. The molecule has 0 radical (unpaired) electrons. The predicted octanol–water partition coefficient (Wildman–Crippen LogP) is 8.99. The number of amides is 8. The molecule has 1 aliphatic carbocycles. The van der Waals surface area contributed by atoms with E-state index in [2.05, 4.69) is 65.9 Å². The van der Waals surface area contributed by atoms with Gasteiger partial charge in [0.25, 0.3) is 0 Å². The number of carbonyl (C=O) groups is 11. The van der Waals surface area contributed by atoms with Crippen molar-refractivity contribution in [1.82, 2.24) is 0 Å². The minimum Gasteiger partial charge on any atom is -0.468 e. The first-order chi connectivity index (χ1) is 59.8. The highest BCUT2D eigenvalue weighted by atomic mass is 16.5. The Hall–Kier alpha value is -15.3. The molecule has 1 fully saturated rings. The summed E-state index contributed by atoms with van der Waals surface area (Å²) in [5.74, 6) is -3.60. The average Bonchev–Trinajstić information content (AvgIpc) is 1.59. The molecular weight excluding hydrogens is 1630 g/mol. The molecule has 0 aromatic heterocycles. The number of nitrogens with one attached hydrogen (secondary N) is 8. The van der Waals surface area contributed by atoms with Gasteiger partial charge >= 0.3 is 17.9 Å². The van der Waals surface area contributed by atoms with Crippen LogP contribution >= 0.6 is 0 Å². The molecule has 38 heteroatoms. The van der Waals surface area contributed by atoms with Crippen molar-refractivity contribution >= 4 is 202 Å². The molecule has 127 heavy (non-hydrogen) atoms. The maximum atomic E-state index is 12.2. The van der Waals surface area contributed by atoms with Crippen LogP contribution in [0, 0.1) is 11.8 Å². The molecule has 8 aromatic carbocycles. The molecule has 8 amide bonds. The number of rotatable bonds is 9. The fraction of sp³-hybridized carbons (Fsp3) is 0.337. The Morgan fingerprint density at radius 1 is 0.362 bits per heavy atom. The van der Waals surface area contributed by atoms with E-state index in [4.69, 9.17) is 96.5 Å². The zero-order valence-electron chi connectivity index (χ0n) is 72.6. The first-order valence-electron chi connectivity index (χ1n) is 41.2. The Labute approximate surface area is 733 Å². The Kier molecular flexibility index (Phi) is 27.7. The number of nitrogen functional groups attached to an aromatic ring is 16. The van der Waals surface area contributed by atoms with Gasteiger partial charge in [0, 0.05) is 62.2 Å². The highest BCUT2D eigenvalue weighted by Gasteiger charge is 2.53. The van der Waals surface area contributed by atoms with Crippen molar-refractivity contribution in [2.75, 3.05) is 155 Å². The van der Waals surface area contributed by atoms with Crippen LogP contribution in [0.4, 0.5) is 136 Å². The van der Waals surface area contributed by atoms with Gasteiger partial charge in [-0.25, -0.2) is 0 Å². The number of anilines is 24. The fourth-order valence-electron chi connectivity index (χ4n) is 16.7. The van der Waals surface area contributed by atoms with Gasteiger partial charge in [0.2, 0.25) is 47.3 Å². The topological polar surface area (TPSA) is 728 Å². The quantitative estimate of drug-likeness (QED) is 0.0277. The van der Waals surface area contributed by atoms with Crippen LogP contribution in [-0.4, -0.2) is 86.0 Å². The lowest BCUT2D eigenvalue weighted by Crippen LogP contribution is -2.40. The summed E-state index contributed by atoms with van der Waals surface area (Å²) >= 11 is 0. The van der Waals surface area contributed by atoms with E-state index in [0.717, 1.165) is 101 Å². The summed E-state index contributed by atoms with van der Waals surface area (Å²) in [5.41, 5.74) is 107. The van der Waals surface area contributed by atoms with Crippen LogP contribution in [-0.2, 0) is 83.2 Å². The van der Waals surface area contributed by atoms with Gasteiger partial charge in [0.1, 0.15) is 0 Å². The third kappa shape index (κ3) is 18.3. The first kappa shape index (κ1) is 94.0. The number of ether oxygens (including phenoxy) is 3. The summed E-state index contributed by atoms with van der Waals surface area (Å²) in [6.07, 6.45) is 8.03. The van der Waals surface area contributed by atoms with Crippen LogP contribution in [0.2, 0.25) is 0 Å². The highest BCUT2D eigenvalue weighted by molar-refractivity contribution is 6.21. The maximum absolute atomic E-state index is 12.2. The zero-order valence-corrected chi connectivity index (χ0v) is 72.6. The maximum Gasteiger partial charge on any atom is 0.326 e. The molecule has 8 aromatic rings. The molecule has 7 unspecified atom stereocenters. The second-order valence-electron chi connectivity index (χ2n) is 32.8. The molecule has 7 atom stereocenters. The van der Waals surface area contributed by atoms with Crippen molar-refractivity contribution in [3.8, 4) is 0 Å². The van der Waals surface area contributed by atoms with Gasteiger partial charge in [-0.3, -0.25) is 52.7 Å². The predicted molar refractivity (Wildman–Crippen MR) is 500 cm³/mol. The largest absolute Gasteiger partial charge is 0.468 e. The SMILES string of the molecule is CC(C)C1C(=O)Nc2cc(N)c(N)cc21.CC1C(=O)Nc2cc(N)c(N)cc21.CCC(CC)C1C(=O)Nc2cc(N)c(N)cc21.CCC1C(=O)Nc2cc(N)c(N)cc21.CCOC(=O)C1(C)C(=O)Nc2cc(N)c(N)cc21.COC(=O)C1(C)C(=O)Nc2cc(N)c(N)cc21.COC(=O)C1C(=O)Nc2cc(N)c(N)cc21.Nc1cc2c(cc1N)C1(CCCCC1)C(=O)N2. The van der Waals surface area contributed by atoms with Crippen molar-refractivity contribution in [2.45, 2.75) is 160 Å². The third-order valence-corrected chi connectivity index (χ3v) is 24.3. The summed E-state index contributed by atoms with van der Waals surface area (Å²) < 4.78 is 14.2. The smallest absolute Gasteiger partial charge is 0.326 e. The molecule has 0 saturated heterocycles. The van der Waals surface area contributed by atoms with Crippen LogP contribution in [0.5, 0.6) is 0 Å². The molecule has 8 heterocycles. The van der Waals surface area contributed by atoms with E-state index in [9.17, 15) is 52.7 Å². The van der Waals surface area contributed by atoms with Gasteiger partial charge in [-0.1, -0.05) is 66.7 Å². The van der Waals surface area contributed by atoms with Crippen LogP contribution in [0.1, 0.15) is 188 Å². The Morgan fingerprint density at radius 3 is 1.10 bits per heavy atom. The number of nitrogens with two attached hydrogens (primary N) is 16. The van der Waals surface area contributed by atoms with Gasteiger partial charge < -0.3 is 148 Å².